The van der Waals surface area contributed by atoms with Crippen molar-refractivity contribution in [3.05, 3.63) is 24.3 Å². The van der Waals surface area contributed by atoms with Gasteiger partial charge in [0.2, 0.25) is 11.8 Å². The molecule has 1 aromatic carbocycles. The van der Waals surface area contributed by atoms with E-state index in [0.29, 0.717) is 51.1 Å². The van der Waals surface area contributed by atoms with E-state index in [4.69, 9.17) is 14.2 Å². The largest absolute Gasteiger partial charge is 0.492 e. The summed E-state index contributed by atoms with van der Waals surface area (Å²) in [4.78, 5) is 29.2. The number of anilines is 1. The van der Waals surface area contributed by atoms with Crippen molar-refractivity contribution in [1.82, 2.24) is 4.90 Å². The molecule has 1 atom stereocenters. The fraction of sp³-hybridized carbons (Fsp3) is 0.619. The van der Waals surface area contributed by atoms with E-state index in [1.165, 1.54) is 0 Å². The molecule has 0 N–H and O–H groups in total. The lowest BCUT2D eigenvalue weighted by atomic mass is 9.95. The van der Waals surface area contributed by atoms with Crippen LogP contribution in [0.4, 0.5) is 5.69 Å². The van der Waals surface area contributed by atoms with Gasteiger partial charge in [0.25, 0.3) is 0 Å². The maximum absolute atomic E-state index is 13.0. The maximum atomic E-state index is 13.0. The number of hydrogen-bond acceptors (Lipinski definition) is 5. The highest BCUT2D eigenvalue weighted by molar-refractivity contribution is 6.01. The maximum Gasteiger partial charge on any atom is 0.228 e. The zero-order chi connectivity index (χ0) is 19.5. The van der Waals surface area contributed by atoms with Crippen molar-refractivity contribution in [3.8, 4) is 5.75 Å². The molecule has 4 rings (SSSR count). The van der Waals surface area contributed by atoms with E-state index in [1.54, 1.807) is 4.90 Å². The number of likely N-dealkylation sites (tertiary alicyclic amines) is 1. The summed E-state index contributed by atoms with van der Waals surface area (Å²) in [5.74, 6) is 0.803. The first-order chi connectivity index (χ1) is 13.7. The molecule has 0 aliphatic carbocycles. The smallest absolute Gasteiger partial charge is 0.228 e. The van der Waals surface area contributed by atoms with Gasteiger partial charge < -0.3 is 24.0 Å². The molecule has 1 aromatic rings. The van der Waals surface area contributed by atoms with Crippen LogP contribution in [0.1, 0.15) is 26.2 Å². The third-order valence-corrected chi connectivity index (χ3v) is 5.81. The first-order valence-electron chi connectivity index (χ1n) is 10.2. The molecular weight excluding hydrogens is 360 g/mol. The third-order valence-electron chi connectivity index (χ3n) is 5.81. The summed E-state index contributed by atoms with van der Waals surface area (Å²) in [6.45, 7) is 5.58. The Morgan fingerprint density at radius 1 is 1.18 bits per heavy atom. The van der Waals surface area contributed by atoms with Crippen molar-refractivity contribution in [2.45, 2.75) is 32.5 Å². The van der Waals surface area contributed by atoms with Gasteiger partial charge in [-0.1, -0.05) is 12.1 Å². The van der Waals surface area contributed by atoms with Gasteiger partial charge in [0, 0.05) is 32.0 Å². The van der Waals surface area contributed by atoms with Crippen LogP contribution in [0.2, 0.25) is 0 Å². The summed E-state index contributed by atoms with van der Waals surface area (Å²) in [7, 11) is 0. The van der Waals surface area contributed by atoms with Crippen molar-refractivity contribution >= 4 is 17.5 Å². The molecule has 0 bridgehead atoms. The first kappa shape index (κ1) is 19.2. The quantitative estimate of drug-likeness (QED) is 0.772. The van der Waals surface area contributed by atoms with Crippen LogP contribution in [0.3, 0.4) is 0 Å². The number of para-hydroxylation sites is 2. The molecule has 28 heavy (non-hydrogen) atoms. The van der Waals surface area contributed by atoms with Gasteiger partial charge in [0.05, 0.1) is 31.4 Å². The number of hydrogen-bond donors (Lipinski definition) is 0. The monoisotopic (exact) mass is 388 g/mol. The van der Waals surface area contributed by atoms with E-state index >= 15 is 0 Å². The van der Waals surface area contributed by atoms with E-state index < -0.39 is 0 Å². The molecule has 7 nitrogen and oxygen atoms in total. The Labute approximate surface area is 165 Å². The molecule has 0 aromatic heterocycles. The van der Waals surface area contributed by atoms with Crippen molar-refractivity contribution in [2.75, 3.05) is 44.4 Å². The Kier molecular flexibility index (Phi) is 5.82. The lowest BCUT2D eigenvalue weighted by Gasteiger charge is -2.35. The van der Waals surface area contributed by atoms with E-state index in [0.717, 1.165) is 18.5 Å². The number of rotatable bonds is 5. The Morgan fingerprint density at radius 2 is 1.89 bits per heavy atom. The second-order valence-electron chi connectivity index (χ2n) is 7.58. The zero-order valence-electron chi connectivity index (χ0n) is 16.3. The molecule has 152 valence electrons. The highest BCUT2D eigenvalue weighted by Gasteiger charge is 2.40. The molecule has 1 unspecified atom stereocenters. The normalized spacial score (nSPS) is 24.2. The Morgan fingerprint density at radius 3 is 2.61 bits per heavy atom. The van der Waals surface area contributed by atoms with Crippen LogP contribution in [0.5, 0.6) is 5.75 Å². The molecule has 3 saturated heterocycles. The molecule has 3 aliphatic heterocycles. The van der Waals surface area contributed by atoms with Gasteiger partial charge in [0.1, 0.15) is 5.75 Å². The summed E-state index contributed by atoms with van der Waals surface area (Å²) in [6.07, 6.45) is 1.91. The highest BCUT2D eigenvalue weighted by atomic mass is 16.7. The van der Waals surface area contributed by atoms with Crippen LogP contribution < -0.4 is 9.64 Å². The molecule has 3 fully saturated rings. The number of piperidine rings is 1. The minimum Gasteiger partial charge on any atom is -0.492 e. The average Bonchev–Trinajstić information content (AvgIpc) is 3.38. The Hall–Kier alpha value is -2.12. The first-order valence-corrected chi connectivity index (χ1v) is 10.2. The number of carbonyl (C=O) groups excluding carboxylic acids is 2. The minimum atomic E-state index is -0.294. The minimum absolute atomic E-state index is 0.0202. The predicted octanol–water partition coefficient (Wildman–Crippen LogP) is 2.05. The molecule has 0 radical (unpaired) electrons. The zero-order valence-corrected chi connectivity index (χ0v) is 16.3. The number of benzene rings is 1. The summed E-state index contributed by atoms with van der Waals surface area (Å²) < 4.78 is 16.9. The third kappa shape index (κ3) is 3.86. The number of nitrogens with zero attached hydrogens (tertiary/aromatic N) is 2. The second-order valence-corrected chi connectivity index (χ2v) is 7.58. The molecule has 3 aliphatic rings. The van der Waals surface area contributed by atoms with Crippen molar-refractivity contribution in [2.24, 2.45) is 11.8 Å². The fourth-order valence-corrected chi connectivity index (χ4v) is 4.36. The Bertz CT molecular complexity index is 711. The van der Waals surface area contributed by atoms with Gasteiger partial charge in [-0.3, -0.25) is 9.59 Å². The van der Waals surface area contributed by atoms with Gasteiger partial charge in [-0.15, -0.1) is 0 Å². The number of amides is 2. The topological polar surface area (TPSA) is 68.3 Å². The summed E-state index contributed by atoms with van der Waals surface area (Å²) in [5, 5.41) is 0. The molecule has 0 spiro atoms. The van der Waals surface area contributed by atoms with Gasteiger partial charge in [-0.2, -0.15) is 0 Å². The van der Waals surface area contributed by atoms with Crippen LogP contribution >= 0.6 is 0 Å². The molecule has 7 heteroatoms. The van der Waals surface area contributed by atoms with Gasteiger partial charge in [-0.25, -0.2) is 0 Å². The second kappa shape index (κ2) is 8.49. The van der Waals surface area contributed by atoms with E-state index in [9.17, 15) is 9.59 Å². The van der Waals surface area contributed by atoms with Crippen LogP contribution in [0.25, 0.3) is 0 Å². The molecule has 0 saturated carbocycles. The average molecular weight is 388 g/mol. The van der Waals surface area contributed by atoms with E-state index in [-0.39, 0.29) is 30.4 Å². The number of carbonyl (C=O) groups is 2. The lowest BCUT2D eigenvalue weighted by Crippen LogP contribution is -2.44. The van der Waals surface area contributed by atoms with Crippen molar-refractivity contribution < 1.29 is 23.8 Å². The van der Waals surface area contributed by atoms with Crippen LogP contribution in [0, 0.1) is 11.8 Å². The van der Waals surface area contributed by atoms with Gasteiger partial charge in [0.15, 0.2) is 6.29 Å². The van der Waals surface area contributed by atoms with E-state index in [1.807, 2.05) is 36.1 Å². The standard InChI is InChI=1S/C21H28N2O5/c1-2-26-18-6-4-3-5-17(18)23-14-16(13-19(23)24)20(25)22-9-7-15(8-10-22)21-27-11-12-28-21/h3-6,15-16,21H,2,7-14H2,1H3. The van der Waals surface area contributed by atoms with Crippen molar-refractivity contribution in [3.63, 3.8) is 0 Å². The molecular formula is C21H28N2O5. The fourth-order valence-electron chi connectivity index (χ4n) is 4.36. The van der Waals surface area contributed by atoms with Crippen LogP contribution in [-0.2, 0) is 19.1 Å². The Balaban J connectivity index is 1.37. The van der Waals surface area contributed by atoms with Gasteiger partial charge >= 0.3 is 0 Å². The highest BCUT2D eigenvalue weighted by Crippen LogP contribution is 2.34. The summed E-state index contributed by atoms with van der Waals surface area (Å²) in [6, 6.07) is 7.51. The predicted molar refractivity (Wildman–Crippen MR) is 103 cm³/mol. The van der Waals surface area contributed by atoms with E-state index in [2.05, 4.69) is 0 Å². The molecule has 2 amide bonds. The van der Waals surface area contributed by atoms with Crippen LogP contribution in [0.15, 0.2) is 24.3 Å². The number of ether oxygens (including phenoxy) is 3. The summed E-state index contributed by atoms with van der Waals surface area (Å²) in [5.41, 5.74) is 0.749. The van der Waals surface area contributed by atoms with Gasteiger partial charge in [-0.05, 0) is 31.9 Å². The van der Waals surface area contributed by atoms with Crippen LogP contribution in [-0.4, -0.2) is 62.5 Å². The summed E-state index contributed by atoms with van der Waals surface area (Å²) >= 11 is 0. The van der Waals surface area contributed by atoms with Crippen molar-refractivity contribution in [1.29, 1.82) is 0 Å². The lowest BCUT2D eigenvalue weighted by molar-refractivity contribution is -0.140. The molecule has 3 heterocycles. The SMILES string of the molecule is CCOc1ccccc1N1CC(C(=O)N2CCC(C3OCCO3)CC2)CC1=O.